The highest BCUT2D eigenvalue weighted by molar-refractivity contribution is 8.00. The first-order chi connectivity index (χ1) is 13.3. The maximum absolute atomic E-state index is 12.6. The summed E-state index contributed by atoms with van der Waals surface area (Å²) in [5.74, 6) is 0.378. The first-order valence-electron chi connectivity index (χ1n) is 8.45. The first-order valence-corrected chi connectivity index (χ1v) is 11.2. The highest BCUT2D eigenvalue weighted by Gasteiger charge is 2.20. The standard InChI is InChI=1S/C19H19N3O4S2/c1-13(18(23)15-8-10-16(11-9-15)22-28(2,24)25)27-19-21-20-17(26-19)12-14-6-4-3-5-7-14/h3-11,13,22H,12H2,1-2H3/t13-/m1/s1. The fourth-order valence-electron chi connectivity index (χ4n) is 2.48. The number of rotatable bonds is 8. The van der Waals surface area contributed by atoms with Crippen molar-refractivity contribution in [1.82, 2.24) is 10.2 Å². The number of benzene rings is 2. The fourth-order valence-corrected chi connectivity index (χ4v) is 3.83. The van der Waals surface area contributed by atoms with Crippen LogP contribution in [0.4, 0.5) is 5.69 Å². The number of ketones is 1. The Kier molecular flexibility index (Phi) is 6.15. The Balaban J connectivity index is 1.61. The van der Waals surface area contributed by atoms with Crippen molar-refractivity contribution >= 4 is 33.3 Å². The quantitative estimate of drug-likeness (QED) is 0.443. The monoisotopic (exact) mass is 417 g/mol. The lowest BCUT2D eigenvalue weighted by molar-refractivity contribution is 0.0993. The van der Waals surface area contributed by atoms with E-state index in [2.05, 4.69) is 14.9 Å². The molecule has 3 rings (SSSR count). The van der Waals surface area contributed by atoms with E-state index in [9.17, 15) is 13.2 Å². The molecule has 0 amide bonds. The molecule has 2 aromatic carbocycles. The van der Waals surface area contributed by atoms with Gasteiger partial charge in [0.25, 0.3) is 5.22 Å². The van der Waals surface area contributed by atoms with Crippen molar-refractivity contribution in [1.29, 1.82) is 0 Å². The number of sulfonamides is 1. The lowest BCUT2D eigenvalue weighted by Crippen LogP contribution is -2.14. The van der Waals surface area contributed by atoms with Crippen LogP contribution in [0.15, 0.2) is 64.2 Å². The Hall–Kier alpha value is -2.65. The number of carbonyl (C=O) groups is 1. The van der Waals surface area contributed by atoms with E-state index in [1.807, 2.05) is 30.3 Å². The summed E-state index contributed by atoms with van der Waals surface area (Å²) in [6.45, 7) is 1.76. The van der Waals surface area contributed by atoms with Crippen molar-refractivity contribution in [2.45, 2.75) is 23.8 Å². The summed E-state index contributed by atoms with van der Waals surface area (Å²) in [5.41, 5.74) is 1.94. The molecular weight excluding hydrogens is 398 g/mol. The van der Waals surface area contributed by atoms with Crippen LogP contribution in [-0.4, -0.2) is 35.9 Å². The maximum Gasteiger partial charge on any atom is 0.277 e. The minimum atomic E-state index is -3.35. The van der Waals surface area contributed by atoms with E-state index in [1.54, 1.807) is 31.2 Å². The average Bonchev–Trinajstić information content (AvgIpc) is 3.08. The molecule has 0 radical (unpaired) electrons. The summed E-state index contributed by atoms with van der Waals surface area (Å²) in [7, 11) is -3.35. The van der Waals surface area contributed by atoms with E-state index < -0.39 is 15.3 Å². The molecule has 0 fully saturated rings. The van der Waals surface area contributed by atoms with Crippen LogP contribution in [0.5, 0.6) is 0 Å². The number of aromatic nitrogens is 2. The Morgan fingerprint density at radius 2 is 1.79 bits per heavy atom. The van der Waals surface area contributed by atoms with Crippen LogP contribution in [0, 0.1) is 0 Å². The van der Waals surface area contributed by atoms with Crippen LogP contribution in [0.3, 0.4) is 0 Å². The van der Waals surface area contributed by atoms with Gasteiger partial charge in [-0.3, -0.25) is 9.52 Å². The number of nitrogens with zero attached hydrogens (tertiary/aromatic N) is 2. The van der Waals surface area contributed by atoms with E-state index in [0.717, 1.165) is 11.8 Å². The number of nitrogens with one attached hydrogen (secondary N) is 1. The number of anilines is 1. The highest BCUT2D eigenvalue weighted by atomic mass is 32.2. The summed E-state index contributed by atoms with van der Waals surface area (Å²) >= 11 is 1.19. The molecule has 28 heavy (non-hydrogen) atoms. The molecule has 7 nitrogen and oxygen atoms in total. The topological polar surface area (TPSA) is 102 Å². The average molecular weight is 418 g/mol. The van der Waals surface area contributed by atoms with Gasteiger partial charge in [0.2, 0.25) is 15.9 Å². The molecule has 0 aliphatic rings. The van der Waals surface area contributed by atoms with Gasteiger partial charge in [0.05, 0.1) is 17.9 Å². The molecule has 1 heterocycles. The molecule has 0 bridgehead atoms. The zero-order valence-corrected chi connectivity index (χ0v) is 17.0. The molecule has 9 heteroatoms. The third kappa shape index (κ3) is 5.67. The summed E-state index contributed by atoms with van der Waals surface area (Å²) in [6, 6.07) is 16.1. The Bertz CT molecular complexity index is 1050. The molecule has 1 aromatic heterocycles. The van der Waals surface area contributed by atoms with E-state index in [1.165, 1.54) is 11.8 Å². The zero-order chi connectivity index (χ0) is 20.1. The molecule has 0 saturated heterocycles. The largest absolute Gasteiger partial charge is 0.416 e. The van der Waals surface area contributed by atoms with Crippen molar-refractivity contribution in [2.75, 3.05) is 11.0 Å². The second kappa shape index (κ2) is 8.57. The van der Waals surface area contributed by atoms with E-state index in [4.69, 9.17) is 4.42 Å². The Morgan fingerprint density at radius 3 is 2.43 bits per heavy atom. The van der Waals surface area contributed by atoms with Crippen LogP contribution < -0.4 is 4.72 Å². The molecule has 0 saturated carbocycles. The molecule has 0 spiro atoms. The van der Waals surface area contributed by atoms with Crippen LogP contribution in [-0.2, 0) is 16.4 Å². The summed E-state index contributed by atoms with van der Waals surface area (Å²) in [5, 5.41) is 7.93. The van der Waals surface area contributed by atoms with E-state index in [0.29, 0.717) is 28.8 Å². The molecule has 146 valence electrons. The normalized spacial score (nSPS) is 12.5. The van der Waals surface area contributed by atoms with Crippen molar-refractivity contribution in [2.24, 2.45) is 0 Å². The lowest BCUT2D eigenvalue weighted by atomic mass is 10.1. The minimum Gasteiger partial charge on any atom is -0.416 e. The van der Waals surface area contributed by atoms with Gasteiger partial charge in [-0.15, -0.1) is 10.2 Å². The van der Waals surface area contributed by atoms with Gasteiger partial charge in [0.1, 0.15) is 0 Å². The summed E-state index contributed by atoms with van der Waals surface area (Å²) in [6.07, 6.45) is 1.60. The molecule has 0 aliphatic heterocycles. The number of Topliss-reactive ketones (excluding diaryl/α,β-unsaturated/α-hetero) is 1. The predicted molar refractivity (Wildman–Crippen MR) is 108 cm³/mol. The second-order valence-corrected chi connectivity index (χ2v) is 9.24. The van der Waals surface area contributed by atoms with Crippen molar-refractivity contribution < 1.29 is 17.6 Å². The third-order valence-electron chi connectivity index (χ3n) is 3.77. The molecule has 0 unspecified atom stereocenters. The lowest BCUT2D eigenvalue weighted by Gasteiger charge is -2.09. The summed E-state index contributed by atoms with van der Waals surface area (Å²) in [4.78, 5) is 12.6. The zero-order valence-electron chi connectivity index (χ0n) is 15.3. The predicted octanol–water partition coefficient (Wildman–Crippen LogP) is 3.40. The molecular formula is C19H19N3O4S2. The second-order valence-electron chi connectivity index (χ2n) is 6.20. The van der Waals surface area contributed by atoms with Gasteiger partial charge in [0.15, 0.2) is 5.78 Å². The van der Waals surface area contributed by atoms with Crippen molar-refractivity contribution in [3.8, 4) is 0 Å². The van der Waals surface area contributed by atoms with Crippen LogP contribution >= 0.6 is 11.8 Å². The van der Waals surface area contributed by atoms with Gasteiger partial charge in [-0.05, 0) is 36.8 Å². The van der Waals surface area contributed by atoms with Gasteiger partial charge in [-0.25, -0.2) is 8.42 Å². The number of hydrogen-bond donors (Lipinski definition) is 1. The fraction of sp³-hybridized carbons (Fsp3) is 0.211. The number of thioether (sulfide) groups is 1. The first kappa shape index (κ1) is 20.1. The van der Waals surface area contributed by atoms with Gasteiger partial charge in [0, 0.05) is 11.3 Å². The molecule has 0 aliphatic carbocycles. The van der Waals surface area contributed by atoms with Crippen LogP contribution in [0.1, 0.15) is 28.7 Å². The van der Waals surface area contributed by atoms with Crippen LogP contribution in [0.25, 0.3) is 0 Å². The molecule has 3 aromatic rings. The van der Waals surface area contributed by atoms with Crippen molar-refractivity contribution in [3.05, 3.63) is 71.6 Å². The Labute approximate surface area is 167 Å². The maximum atomic E-state index is 12.6. The van der Waals surface area contributed by atoms with Gasteiger partial charge in [-0.2, -0.15) is 0 Å². The van der Waals surface area contributed by atoms with Crippen molar-refractivity contribution in [3.63, 3.8) is 0 Å². The van der Waals surface area contributed by atoms with Crippen LogP contribution in [0.2, 0.25) is 0 Å². The molecule has 1 N–H and O–H groups in total. The summed E-state index contributed by atoms with van der Waals surface area (Å²) < 4.78 is 30.5. The number of hydrogen-bond acceptors (Lipinski definition) is 7. The van der Waals surface area contributed by atoms with E-state index in [-0.39, 0.29) is 5.78 Å². The highest BCUT2D eigenvalue weighted by Crippen LogP contribution is 2.25. The van der Waals surface area contributed by atoms with Gasteiger partial charge in [-0.1, -0.05) is 42.1 Å². The van der Waals surface area contributed by atoms with Gasteiger partial charge >= 0.3 is 0 Å². The molecule has 1 atom stereocenters. The SMILES string of the molecule is C[C@@H](Sc1nnc(Cc2ccccc2)o1)C(=O)c1ccc(NS(C)(=O)=O)cc1. The third-order valence-corrected chi connectivity index (χ3v) is 5.31. The Morgan fingerprint density at radius 1 is 1.11 bits per heavy atom. The smallest absolute Gasteiger partial charge is 0.277 e. The van der Waals surface area contributed by atoms with E-state index >= 15 is 0 Å². The van der Waals surface area contributed by atoms with Gasteiger partial charge < -0.3 is 4.42 Å². The minimum absolute atomic E-state index is 0.112. The number of carbonyl (C=O) groups excluding carboxylic acids is 1.